The zero-order valence-corrected chi connectivity index (χ0v) is 11.1. The fourth-order valence-corrected chi connectivity index (χ4v) is 2.28. The third-order valence-corrected chi connectivity index (χ3v) is 3.26. The van der Waals surface area contributed by atoms with Crippen LogP contribution in [0.5, 0.6) is 5.75 Å². The van der Waals surface area contributed by atoms with Gasteiger partial charge < -0.3 is 16.2 Å². The van der Waals surface area contributed by atoms with Crippen molar-refractivity contribution in [3.05, 3.63) is 54.2 Å². The van der Waals surface area contributed by atoms with Crippen molar-refractivity contribution in [1.82, 2.24) is 4.98 Å². The normalized spacial score (nSPS) is 10.7. The predicted octanol–water partition coefficient (Wildman–Crippen LogP) is 3.57. The van der Waals surface area contributed by atoms with Crippen LogP contribution in [-0.4, -0.2) is 10.1 Å². The summed E-state index contributed by atoms with van der Waals surface area (Å²) in [5.41, 5.74) is 8.71. The standard InChI is InChI=1S/C16H15N3O/c1-10-9-18-16(13-3-2-4-14(17)15(10)13)19-11-5-7-12(20)8-6-11/h2-9,20H,17H2,1H3,(H,18,19). The van der Waals surface area contributed by atoms with Gasteiger partial charge in [0.05, 0.1) is 0 Å². The molecule has 2 aromatic carbocycles. The van der Waals surface area contributed by atoms with Crippen molar-refractivity contribution in [3.8, 4) is 5.75 Å². The number of aromatic nitrogens is 1. The van der Waals surface area contributed by atoms with Gasteiger partial charge in [-0.3, -0.25) is 0 Å². The number of phenols is 1. The molecule has 1 heterocycles. The van der Waals surface area contributed by atoms with Crippen LogP contribution in [0.3, 0.4) is 0 Å². The lowest BCUT2D eigenvalue weighted by Gasteiger charge is -2.12. The maximum atomic E-state index is 9.31. The number of nitrogens with zero attached hydrogens (tertiary/aromatic N) is 1. The Balaban J connectivity index is 2.10. The third kappa shape index (κ3) is 2.12. The van der Waals surface area contributed by atoms with Crippen molar-refractivity contribution < 1.29 is 5.11 Å². The van der Waals surface area contributed by atoms with Crippen LogP contribution in [0.1, 0.15) is 5.56 Å². The minimum Gasteiger partial charge on any atom is -0.508 e. The number of benzene rings is 2. The predicted molar refractivity (Wildman–Crippen MR) is 82.3 cm³/mol. The number of aryl methyl sites for hydroxylation is 1. The van der Waals surface area contributed by atoms with E-state index in [0.717, 1.165) is 33.5 Å². The van der Waals surface area contributed by atoms with Gasteiger partial charge in [0.25, 0.3) is 0 Å². The molecule has 0 saturated carbocycles. The number of rotatable bonds is 2. The summed E-state index contributed by atoms with van der Waals surface area (Å²) in [5.74, 6) is 0.991. The van der Waals surface area contributed by atoms with Crippen molar-refractivity contribution in [1.29, 1.82) is 0 Å². The molecule has 100 valence electrons. The van der Waals surface area contributed by atoms with E-state index in [9.17, 15) is 5.11 Å². The molecule has 0 radical (unpaired) electrons. The average Bonchev–Trinajstić information content (AvgIpc) is 2.44. The molecule has 3 aromatic rings. The van der Waals surface area contributed by atoms with Crippen molar-refractivity contribution in [2.75, 3.05) is 11.1 Å². The van der Waals surface area contributed by atoms with Gasteiger partial charge in [0, 0.05) is 28.3 Å². The van der Waals surface area contributed by atoms with E-state index in [4.69, 9.17) is 5.73 Å². The molecule has 4 N–H and O–H groups in total. The highest BCUT2D eigenvalue weighted by atomic mass is 16.3. The third-order valence-electron chi connectivity index (χ3n) is 3.26. The van der Waals surface area contributed by atoms with Crippen molar-refractivity contribution >= 4 is 28.0 Å². The number of hydrogen-bond acceptors (Lipinski definition) is 4. The average molecular weight is 265 g/mol. The molecular weight excluding hydrogens is 250 g/mol. The van der Waals surface area contributed by atoms with Crippen LogP contribution in [0.4, 0.5) is 17.2 Å². The van der Waals surface area contributed by atoms with Crippen molar-refractivity contribution in [3.63, 3.8) is 0 Å². The largest absolute Gasteiger partial charge is 0.508 e. The number of hydrogen-bond donors (Lipinski definition) is 3. The van der Waals surface area contributed by atoms with E-state index in [1.165, 1.54) is 0 Å². The number of nitrogens with two attached hydrogens (primary N) is 1. The minimum absolute atomic E-state index is 0.238. The zero-order chi connectivity index (χ0) is 14.1. The van der Waals surface area contributed by atoms with E-state index >= 15 is 0 Å². The van der Waals surface area contributed by atoms with E-state index in [2.05, 4.69) is 10.3 Å². The van der Waals surface area contributed by atoms with E-state index in [-0.39, 0.29) is 5.75 Å². The maximum Gasteiger partial charge on any atom is 0.138 e. The molecular formula is C16H15N3O. The molecule has 0 aliphatic carbocycles. The zero-order valence-electron chi connectivity index (χ0n) is 11.1. The van der Waals surface area contributed by atoms with Gasteiger partial charge >= 0.3 is 0 Å². The number of anilines is 3. The Morgan fingerprint density at radius 2 is 1.85 bits per heavy atom. The van der Waals surface area contributed by atoms with E-state index in [1.54, 1.807) is 30.5 Å². The Morgan fingerprint density at radius 3 is 2.60 bits per heavy atom. The molecule has 4 nitrogen and oxygen atoms in total. The van der Waals surface area contributed by atoms with Gasteiger partial charge in [0.1, 0.15) is 11.6 Å². The number of nitrogens with one attached hydrogen (secondary N) is 1. The second-order valence-electron chi connectivity index (χ2n) is 4.73. The second-order valence-corrected chi connectivity index (χ2v) is 4.73. The number of phenolic OH excluding ortho intramolecular Hbond substituents is 1. The highest BCUT2D eigenvalue weighted by Gasteiger charge is 2.07. The highest BCUT2D eigenvalue weighted by Crippen LogP contribution is 2.30. The topological polar surface area (TPSA) is 71.2 Å². The molecule has 0 amide bonds. The second kappa shape index (κ2) is 4.74. The Bertz CT molecular complexity index is 758. The Hall–Kier alpha value is -2.75. The van der Waals surface area contributed by atoms with Gasteiger partial charge in [-0.2, -0.15) is 0 Å². The van der Waals surface area contributed by atoms with Crippen LogP contribution in [0, 0.1) is 6.92 Å². The van der Waals surface area contributed by atoms with Gasteiger partial charge in [-0.1, -0.05) is 12.1 Å². The minimum atomic E-state index is 0.238. The lowest BCUT2D eigenvalue weighted by molar-refractivity contribution is 0.475. The molecule has 0 aliphatic rings. The van der Waals surface area contributed by atoms with Gasteiger partial charge in [0.15, 0.2) is 0 Å². The molecule has 0 aliphatic heterocycles. The van der Waals surface area contributed by atoms with Crippen LogP contribution >= 0.6 is 0 Å². The summed E-state index contributed by atoms with van der Waals surface area (Å²) in [4.78, 5) is 4.44. The highest BCUT2D eigenvalue weighted by molar-refractivity contribution is 6.02. The van der Waals surface area contributed by atoms with Crippen molar-refractivity contribution in [2.24, 2.45) is 0 Å². The van der Waals surface area contributed by atoms with Crippen molar-refractivity contribution in [2.45, 2.75) is 6.92 Å². The first-order valence-electron chi connectivity index (χ1n) is 6.35. The van der Waals surface area contributed by atoms with E-state index in [1.807, 2.05) is 25.1 Å². The molecule has 0 fully saturated rings. The number of nitrogen functional groups attached to an aromatic ring is 1. The fraction of sp³-hybridized carbons (Fsp3) is 0.0625. The summed E-state index contributed by atoms with van der Waals surface area (Å²) < 4.78 is 0. The van der Waals surface area contributed by atoms with Crippen LogP contribution in [0.25, 0.3) is 10.8 Å². The summed E-state index contributed by atoms with van der Waals surface area (Å²) in [6.45, 7) is 2.00. The molecule has 0 unspecified atom stereocenters. The van der Waals surface area contributed by atoms with Crippen LogP contribution in [0.15, 0.2) is 48.7 Å². The molecule has 0 spiro atoms. The van der Waals surface area contributed by atoms with E-state index < -0.39 is 0 Å². The Labute approximate surface area is 116 Å². The van der Waals surface area contributed by atoms with Gasteiger partial charge in [-0.15, -0.1) is 0 Å². The summed E-state index contributed by atoms with van der Waals surface area (Å²) in [5, 5.41) is 14.6. The SMILES string of the molecule is Cc1cnc(Nc2ccc(O)cc2)c2cccc(N)c12. The molecule has 0 saturated heterocycles. The summed E-state index contributed by atoms with van der Waals surface area (Å²) in [6, 6.07) is 12.7. The van der Waals surface area contributed by atoms with E-state index in [0.29, 0.717) is 0 Å². The Kier molecular flexibility index (Phi) is 2.91. The molecule has 20 heavy (non-hydrogen) atoms. The number of fused-ring (bicyclic) bond motifs is 1. The fourth-order valence-electron chi connectivity index (χ4n) is 2.28. The van der Waals surface area contributed by atoms with Gasteiger partial charge in [0.2, 0.25) is 0 Å². The van der Waals surface area contributed by atoms with Crippen LogP contribution in [0.2, 0.25) is 0 Å². The molecule has 3 rings (SSSR count). The van der Waals surface area contributed by atoms with Crippen LogP contribution < -0.4 is 11.1 Å². The molecule has 0 atom stereocenters. The summed E-state index contributed by atoms with van der Waals surface area (Å²) >= 11 is 0. The smallest absolute Gasteiger partial charge is 0.138 e. The molecule has 1 aromatic heterocycles. The summed E-state index contributed by atoms with van der Waals surface area (Å²) in [7, 11) is 0. The summed E-state index contributed by atoms with van der Waals surface area (Å²) in [6.07, 6.45) is 1.81. The quantitative estimate of drug-likeness (QED) is 0.489. The lowest BCUT2D eigenvalue weighted by Crippen LogP contribution is -1.97. The Morgan fingerprint density at radius 1 is 1.10 bits per heavy atom. The molecule has 0 bridgehead atoms. The monoisotopic (exact) mass is 265 g/mol. The lowest BCUT2D eigenvalue weighted by atomic mass is 10.1. The number of aromatic hydroxyl groups is 1. The van der Waals surface area contributed by atoms with Crippen LogP contribution in [-0.2, 0) is 0 Å². The first-order valence-corrected chi connectivity index (χ1v) is 6.35. The van der Waals surface area contributed by atoms with Gasteiger partial charge in [-0.25, -0.2) is 4.98 Å². The molecule has 4 heteroatoms. The van der Waals surface area contributed by atoms with Gasteiger partial charge in [-0.05, 0) is 42.8 Å². The maximum absolute atomic E-state index is 9.31. The number of pyridine rings is 1. The first kappa shape index (κ1) is 12.3. The first-order chi connectivity index (χ1) is 9.65.